The standard InChI is InChI=1S/C27H30N2O3/c1-30-26-15-20-9-13-28(17-22(20)16-27(26)31-2)11-5-6-12-29-18-24(21-10-14-32-19-21)23-7-3-4-8-25(23)29/h3-4,7-8,10,14-16,18-19H,5-6,9,11-13,17H2,1-2H3. The van der Waals surface area contributed by atoms with Gasteiger partial charge in [-0.15, -0.1) is 0 Å². The first-order valence-corrected chi connectivity index (χ1v) is 11.3. The average Bonchev–Trinajstić information content (AvgIpc) is 3.49. The summed E-state index contributed by atoms with van der Waals surface area (Å²) in [6, 6.07) is 14.9. The van der Waals surface area contributed by atoms with Crippen molar-refractivity contribution in [2.24, 2.45) is 0 Å². The Morgan fingerprint density at radius 1 is 0.938 bits per heavy atom. The Bertz CT molecular complexity index is 1190. The van der Waals surface area contributed by atoms with E-state index in [0.717, 1.165) is 56.1 Å². The van der Waals surface area contributed by atoms with E-state index in [-0.39, 0.29) is 0 Å². The molecule has 166 valence electrons. The molecule has 0 saturated carbocycles. The minimum Gasteiger partial charge on any atom is -0.493 e. The summed E-state index contributed by atoms with van der Waals surface area (Å²) in [5.41, 5.74) is 6.40. The Morgan fingerprint density at radius 3 is 2.50 bits per heavy atom. The molecule has 0 spiro atoms. The highest BCUT2D eigenvalue weighted by atomic mass is 16.5. The number of fused-ring (bicyclic) bond motifs is 2. The molecule has 5 nitrogen and oxygen atoms in total. The number of benzene rings is 2. The van der Waals surface area contributed by atoms with Gasteiger partial charge >= 0.3 is 0 Å². The van der Waals surface area contributed by atoms with Crippen molar-refractivity contribution in [3.05, 3.63) is 72.3 Å². The Labute approximate surface area is 189 Å². The van der Waals surface area contributed by atoms with Gasteiger partial charge in [0.05, 0.1) is 26.7 Å². The summed E-state index contributed by atoms with van der Waals surface area (Å²) < 4.78 is 18.7. The highest BCUT2D eigenvalue weighted by Crippen LogP contribution is 2.34. The van der Waals surface area contributed by atoms with Gasteiger partial charge in [0, 0.05) is 47.9 Å². The van der Waals surface area contributed by atoms with Crippen LogP contribution in [0.4, 0.5) is 0 Å². The third-order valence-electron chi connectivity index (χ3n) is 6.54. The van der Waals surface area contributed by atoms with Crippen molar-refractivity contribution < 1.29 is 13.9 Å². The molecule has 0 radical (unpaired) electrons. The van der Waals surface area contributed by atoms with Gasteiger partial charge in [-0.1, -0.05) is 18.2 Å². The van der Waals surface area contributed by atoms with Crippen molar-refractivity contribution in [3.8, 4) is 22.6 Å². The van der Waals surface area contributed by atoms with Crippen LogP contribution in [0.1, 0.15) is 24.0 Å². The molecule has 0 bridgehead atoms. The zero-order valence-electron chi connectivity index (χ0n) is 18.8. The second-order valence-corrected chi connectivity index (χ2v) is 8.47. The number of hydrogen-bond acceptors (Lipinski definition) is 4. The molecule has 1 aliphatic heterocycles. The third-order valence-corrected chi connectivity index (χ3v) is 6.54. The van der Waals surface area contributed by atoms with E-state index in [0.29, 0.717) is 0 Å². The maximum Gasteiger partial charge on any atom is 0.161 e. The van der Waals surface area contributed by atoms with E-state index in [9.17, 15) is 0 Å². The summed E-state index contributed by atoms with van der Waals surface area (Å²) >= 11 is 0. The molecule has 0 aliphatic carbocycles. The first-order valence-electron chi connectivity index (χ1n) is 11.3. The Kier molecular flexibility index (Phi) is 5.91. The van der Waals surface area contributed by atoms with Crippen molar-refractivity contribution >= 4 is 10.9 Å². The number of furan rings is 1. The number of aryl methyl sites for hydroxylation is 1. The molecule has 0 amide bonds. The second kappa shape index (κ2) is 9.13. The van der Waals surface area contributed by atoms with Crippen molar-refractivity contribution in [2.45, 2.75) is 32.4 Å². The van der Waals surface area contributed by atoms with E-state index in [2.05, 4.69) is 52.1 Å². The first-order chi connectivity index (χ1) is 15.8. The Morgan fingerprint density at radius 2 is 1.72 bits per heavy atom. The monoisotopic (exact) mass is 430 g/mol. The maximum absolute atomic E-state index is 5.50. The molecule has 0 atom stereocenters. The van der Waals surface area contributed by atoms with Crippen molar-refractivity contribution in [1.29, 1.82) is 0 Å². The molecule has 0 unspecified atom stereocenters. The summed E-state index contributed by atoms with van der Waals surface area (Å²) in [6.45, 7) is 4.21. The van der Waals surface area contributed by atoms with E-state index in [1.54, 1.807) is 20.5 Å². The van der Waals surface area contributed by atoms with Gasteiger partial charge in [0.25, 0.3) is 0 Å². The van der Waals surface area contributed by atoms with E-state index in [1.165, 1.54) is 34.0 Å². The first kappa shape index (κ1) is 20.7. The van der Waals surface area contributed by atoms with Crippen LogP contribution in [-0.2, 0) is 19.5 Å². The predicted molar refractivity (Wildman–Crippen MR) is 127 cm³/mol. The molecule has 4 aromatic rings. The zero-order valence-corrected chi connectivity index (χ0v) is 18.8. The van der Waals surface area contributed by atoms with E-state index < -0.39 is 0 Å². The molecule has 5 heteroatoms. The van der Waals surface area contributed by atoms with Crippen LogP contribution in [-0.4, -0.2) is 36.8 Å². The molecule has 0 N–H and O–H groups in total. The predicted octanol–water partition coefficient (Wildman–Crippen LogP) is 5.76. The molecule has 1 aliphatic rings. The molecule has 0 saturated heterocycles. The van der Waals surface area contributed by atoms with Gasteiger partial charge < -0.3 is 18.5 Å². The minimum absolute atomic E-state index is 0.820. The number of rotatable bonds is 8. The van der Waals surface area contributed by atoms with Gasteiger partial charge in [0.2, 0.25) is 0 Å². The largest absolute Gasteiger partial charge is 0.493 e. The summed E-state index contributed by atoms with van der Waals surface area (Å²) in [5.74, 6) is 1.65. The van der Waals surface area contributed by atoms with Crippen molar-refractivity contribution in [3.63, 3.8) is 0 Å². The molecule has 5 rings (SSSR count). The van der Waals surface area contributed by atoms with Crippen LogP contribution in [0.25, 0.3) is 22.0 Å². The lowest BCUT2D eigenvalue weighted by atomic mass is 9.98. The van der Waals surface area contributed by atoms with Gasteiger partial charge in [-0.3, -0.25) is 4.90 Å². The summed E-state index contributed by atoms with van der Waals surface area (Å²) in [7, 11) is 3.40. The smallest absolute Gasteiger partial charge is 0.161 e. The number of ether oxygens (including phenoxy) is 2. The van der Waals surface area contributed by atoms with Gasteiger partial charge in [-0.2, -0.15) is 0 Å². The number of aromatic nitrogens is 1. The lowest BCUT2D eigenvalue weighted by Gasteiger charge is -2.29. The van der Waals surface area contributed by atoms with Crippen molar-refractivity contribution in [2.75, 3.05) is 27.3 Å². The minimum atomic E-state index is 0.820. The lowest BCUT2D eigenvalue weighted by molar-refractivity contribution is 0.246. The summed E-state index contributed by atoms with van der Waals surface area (Å²) in [4.78, 5) is 2.55. The molecule has 32 heavy (non-hydrogen) atoms. The third kappa shape index (κ3) is 4.00. The second-order valence-electron chi connectivity index (χ2n) is 8.47. The number of hydrogen-bond donors (Lipinski definition) is 0. The molecule has 2 aromatic heterocycles. The van der Waals surface area contributed by atoms with E-state index in [4.69, 9.17) is 13.9 Å². The Hall–Kier alpha value is -3.18. The number of para-hydroxylation sites is 1. The van der Waals surface area contributed by atoms with Crippen molar-refractivity contribution in [1.82, 2.24) is 9.47 Å². The van der Waals surface area contributed by atoms with E-state index in [1.807, 2.05) is 12.3 Å². The van der Waals surface area contributed by atoms with E-state index >= 15 is 0 Å². The van der Waals surface area contributed by atoms with Crippen LogP contribution in [0, 0.1) is 0 Å². The molecule has 0 fully saturated rings. The number of methoxy groups -OCH3 is 2. The number of unbranched alkanes of at least 4 members (excludes halogenated alkanes) is 1. The molecule has 3 heterocycles. The fraction of sp³-hybridized carbons (Fsp3) is 0.333. The summed E-state index contributed by atoms with van der Waals surface area (Å²) in [6.07, 6.45) is 9.22. The zero-order chi connectivity index (χ0) is 21.9. The van der Waals surface area contributed by atoms with Crippen LogP contribution in [0.2, 0.25) is 0 Å². The Balaban J connectivity index is 1.21. The van der Waals surface area contributed by atoms with Crippen LogP contribution < -0.4 is 9.47 Å². The average molecular weight is 431 g/mol. The lowest BCUT2D eigenvalue weighted by Crippen LogP contribution is -2.31. The van der Waals surface area contributed by atoms with Gasteiger partial charge in [-0.05, 0) is 61.2 Å². The summed E-state index contributed by atoms with van der Waals surface area (Å²) in [5, 5.41) is 1.28. The van der Waals surface area contributed by atoms with Gasteiger partial charge in [-0.25, -0.2) is 0 Å². The topological polar surface area (TPSA) is 39.8 Å². The molecular formula is C27H30N2O3. The van der Waals surface area contributed by atoms with Crippen LogP contribution in [0.15, 0.2) is 65.6 Å². The fourth-order valence-corrected chi connectivity index (χ4v) is 4.83. The highest BCUT2D eigenvalue weighted by molar-refractivity contribution is 5.95. The highest BCUT2D eigenvalue weighted by Gasteiger charge is 2.19. The normalized spacial score (nSPS) is 13.9. The van der Waals surface area contributed by atoms with Gasteiger partial charge in [0.1, 0.15) is 0 Å². The quantitative estimate of drug-likeness (QED) is 0.333. The maximum atomic E-state index is 5.50. The van der Waals surface area contributed by atoms with Crippen LogP contribution in [0.5, 0.6) is 11.5 Å². The number of nitrogens with zero attached hydrogens (tertiary/aromatic N) is 2. The SMILES string of the molecule is COc1cc2c(cc1OC)CN(CCCCn1cc(-c3ccoc3)c3ccccc31)CC2. The fourth-order valence-electron chi connectivity index (χ4n) is 4.83. The van der Waals surface area contributed by atoms with Crippen LogP contribution in [0.3, 0.4) is 0 Å². The van der Waals surface area contributed by atoms with Gasteiger partial charge in [0.15, 0.2) is 11.5 Å². The van der Waals surface area contributed by atoms with Crippen LogP contribution >= 0.6 is 0 Å². The molecule has 2 aromatic carbocycles. The molecular weight excluding hydrogens is 400 g/mol.